The quantitative estimate of drug-likeness (QED) is 0.282. The Morgan fingerprint density at radius 2 is 1.67 bits per heavy atom. The van der Waals surface area contributed by atoms with Gasteiger partial charge in [-0.3, -0.25) is 0 Å². The van der Waals surface area contributed by atoms with Crippen LogP contribution in [0.1, 0.15) is 38.5 Å². The third-order valence-electron chi connectivity index (χ3n) is 7.82. The van der Waals surface area contributed by atoms with Gasteiger partial charge >= 0.3 is 6.36 Å². The Morgan fingerprint density at radius 3 is 2.38 bits per heavy atom. The highest BCUT2D eigenvalue weighted by Gasteiger charge is 2.32. The van der Waals surface area contributed by atoms with Gasteiger partial charge in [0.25, 0.3) is 6.01 Å². The molecule has 3 atom stereocenters. The second-order valence-electron chi connectivity index (χ2n) is 10.8. The zero-order chi connectivity index (χ0) is 29.1. The van der Waals surface area contributed by atoms with Crippen molar-refractivity contribution in [2.24, 2.45) is 7.05 Å². The van der Waals surface area contributed by atoms with Crippen LogP contribution in [-0.4, -0.2) is 62.8 Å². The van der Waals surface area contributed by atoms with Gasteiger partial charge in [0.1, 0.15) is 5.75 Å². The summed E-state index contributed by atoms with van der Waals surface area (Å²) in [7, 11) is 1.75. The van der Waals surface area contributed by atoms with E-state index in [4.69, 9.17) is 4.42 Å². The fourth-order valence-electron chi connectivity index (χ4n) is 5.83. The molecule has 4 aromatic rings. The molecule has 2 aromatic heterocycles. The summed E-state index contributed by atoms with van der Waals surface area (Å²) in [6.07, 6.45) is 3.40. The Balaban J connectivity index is 1.06. The van der Waals surface area contributed by atoms with Crippen LogP contribution in [0.3, 0.4) is 0 Å². The molecule has 222 valence electrons. The van der Waals surface area contributed by atoms with Crippen LogP contribution < -0.4 is 20.3 Å². The third kappa shape index (κ3) is 6.84. The number of aromatic nitrogens is 5. The molecule has 2 N–H and O–H groups in total. The number of anilines is 2. The molecular formula is C29H33F3N8O2. The van der Waals surface area contributed by atoms with Crippen LogP contribution in [0, 0.1) is 0 Å². The third-order valence-corrected chi connectivity index (χ3v) is 7.82. The molecular weight excluding hydrogens is 549 g/mol. The predicted octanol–water partition coefficient (Wildman–Crippen LogP) is 5.41. The summed E-state index contributed by atoms with van der Waals surface area (Å²) in [5.74, 6) is 0.808. The van der Waals surface area contributed by atoms with Gasteiger partial charge in [0, 0.05) is 48.0 Å². The average Bonchev–Trinajstić information content (AvgIpc) is 3.63. The Hall–Kier alpha value is -4.13. The van der Waals surface area contributed by atoms with E-state index in [0.717, 1.165) is 57.2 Å². The number of halogens is 3. The maximum atomic E-state index is 12.5. The zero-order valence-electron chi connectivity index (χ0n) is 23.2. The second kappa shape index (κ2) is 12.0. The highest BCUT2D eigenvalue weighted by Crippen LogP contribution is 2.30. The van der Waals surface area contributed by atoms with E-state index >= 15 is 0 Å². The first-order valence-corrected chi connectivity index (χ1v) is 14.2. The molecule has 2 fully saturated rings. The normalized spacial score (nSPS) is 21.3. The minimum atomic E-state index is -4.73. The van der Waals surface area contributed by atoms with Crippen LogP contribution >= 0.6 is 0 Å². The van der Waals surface area contributed by atoms with Gasteiger partial charge in [0.2, 0.25) is 5.82 Å². The summed E-state index contributed by atoms with van der Waals surface area (Å²) >= 11 is 0. The van der Waals surface area contributed by atoms with Crippen molar-refractivity contribution in [3.8, 4) is 28.5 Å². The number of oxazole rings is 1. The number of tetrazole rings is 1. The van der Waals surface area contributed by atoms with Gasteiger partial charge in [-0.1, -0.05) is 12.8 Å². The first-order valence-electron chi connectivity index (χ1n) is 14.2. The summed E-state index contributed by atoms with van der Waals surface area (Å²) in [6, 6.07) is 15.1. The van der Waals surface area contributed by atoms with E-state index < -0.39 is 6.36 Å². The number of nitrogens with one attached hydrogen (secondary N) is 2. The largest absolute Gasteiger partial charge is 0.573 e. The number of aryl methyl sites for hydroxylation is 1. The summed E-state index contributed by atoms with van der Waals surface area (Å²) in [4.78, 5) is 8.27. The minimum absolute atomic E-state index is 0.155. The predicted molar refractivity (Wildman–Crippen MR) is 151 cm³/mol. The van der Waals surface area contributed by atoms with E-state index in [-0.39, 0.29) is 17.8 Å². The molecule has 6 rings (SSSR count). The molecule has 0 amide bonds. The number of nitrogens with zero attached hydrogens (tertiary/aromatic N) is 6. The van der Waals surface area contributed by atoms with Gasteiger partial charge in [-0.15, -0.1) is 23.4 Å². The lowest BCUT2D eigenvalue weighted by atomic mass is 9.89. The molecule has 0 radical (unpaired) electrons. The maximum Gasteiger partial charge on any atom is 0.573 e. The van der Waals surface area contributed by atoms with Gasteiger partial charge in [0.05, 0.1) is 13.2 Å². The van der Waals surface area contributed by atoms with Gasteiger partial charge in [-0.05, 0) is 79.4 Å². The Kier molecular flexibility index (Phi) is 8.00. The monoisotopic (exact) mass is 582 g/mol. The van der Waals surface area contributed by atoms with Crippen molar-refractivity contribution < 1.29 is 22.3 Å². The average molecular weight is 583 g/mol. The fourth-order valence-corrected chi connectivity index (χ4v) is 5.83. The smallest absolute Gasteiger partial charge is 0.424 e. The van der Waals surface area contributed by atoms with Crippen LogP contribution in [0.25, 0.3) is 22.7 Å². The molecule has 1 unspecified atom stereocenters. The summed E-state index contributed by atoms with van der Waals surface area (Å²) in [6.45, 7) is 1.93. The number of benzene rings is 2. The van der Waals surface area contributed by atoms with E-state index in [1.165, 1.54) is 34.7 Å². The van der Waals surface area contributed by atoms with Crippen LogP contribution in [0.4, 0.5) is 24.9 Å². The maximum absolute atomic E-state index is 12.5. The lowest BCUT2D eigenvalue weighted by Gasteiger charge is -2.40. The molecule has 42 heavy (non-hydrogen) atoms. The second-order valence-corrected chi connectivity index (χ2v) is 10.8. The molecule has 1 saturated heterocycles. The van der Waals surface area contributed by atoms with Crippen LogP contribution in [-0.2, 0) is 7.05 Å². The fraction of sp³-hybridized carbons (Fsp3) is 0.448. The van der Waals surface area contributed by atoms with Crippen molar-refractivity contribution in [3.63, 3.8) is 0 Å². The molecule has 0 spiro atoms. The molecule has 2 aromatic carbocycles. The van der Waals surface area contributed by atoms with Crippen molar-refractivity contribution in [1.29, 1.82) is 0 Å². The summed E-state index contributed by atoms with van der Waals surface area (Å²) in [5, 5.41) is 19.7. The zero-order valence-corrected chi connectivity index (χ0v) is 23.2. The minimum Gasteiger partial charge on any atom is -0.424 e. The van der Waals surface area contributed by atoms with Gasteiger partial charge < -0.3 is 24.7 Å². The van der Waals surface area contributed by atoms with Crippen molar-refractivity contribution in [1.82, 2.24) is 30.5 Å². The number of hydrogen-bond acceptors (Lipinski definition) is 9. The Bertz CT molecular complexity index is 1450. The number of hydrogen-bond donors (Lipinski definition) is 2. The molecule has 1 aliphatic carbocycles. The summed E-state index contributed by atoms with van der Waals surface area (Å²) < 4.78 is 47.3. The van der Waals surface area contributed by atoms with E-state index in [1.807, 2.05) is 12.1 Å². The molecule has 13 heteroatoms. The number of piperidine rings is 1. The standard InChI is InChI=1S/C29H33F3N8O2/c1-39-37-27(36-38-39)20-8-12-22(13-9-20)40-16-4-5-21(18-40)34-24-6-2-3-7-25(24)35-28-33-17-26(41-28)19-10-14-23(15-11-19)42-29(30,31)32/h8-15,17,21,24-25,34H,2-7,16,18H2,1H3,(H,33,35)/t21-,24+,25?/m0/s1. The number of ether oxygens (including phenoxy) is 1. The summed E-state index contributed by atoms with van der Waals surface area (Å²) in [5.41, 5.74) is 2.74. The van der Waals surface area contributed by atoms with Crippen molar-refractivity contribution >= 4 is 11.7 Å². The molecule has 1 aliphatic heterocycles. The van der Waals surface area contributed by atoms with Crippen molar-refractivity contribution in [3.05, 3.63) is 54.7 Å². The van der Waals surface area contributed by atoms with E-state index in [0.29, 0.717) is 29.2 Å². The lowest BCUT2D eigenvalue weighted by molar-refractivity contribution is -0.274. The molecule has 0 bridgehead atoms. The van der Waals surface area contributed by atoms with Gasteiger partial charge in [-0.2, -0.15) is 4.80 Å². The van der Waals surface area contributed by atoms with Crippen LogP contribution in [0.15, 0.2) is 59.1 Å². The molecule has 3 heterocycles. The Labute approximate surface area is 241 Å². The topological polar surface area (TPSA) is 106 Å². The van der Waals surface area contributed by atoms with Crippen LogP contribution in [0.5, 0.6) is 5.75 Å². The highest BCUT2D eigenvalue weighted by molar-refractivity contribution is 5.60. The van der Waals surface area contributed by atoms with Gasteiger partial charge in [0.15, 0.2) is 5.76 Å². The SMILES string of the molecule is Cn1nnc(-c2ccc(N3CCC[C@H](N[C@@H]4CCCCC4Nc4ncc(-c5ccc(OC(F)(F)F)cc5)o4)C3)cc2)n1. The number of rotatable bonds is 8. The van der Waals surface area contributed by atoms with E-state index in [1.54, 1.807) is 13.2 Å². The lowest BCUT2D eigenvalue weighted by Crippen LogP contribution is -2.54. The molecule has 10 nitrogen and oxygen atoms in total. The first kappa shape index (κ1) is 28.0. The van der Waals surface area contributed by atoms with E-state index in [2.05, 4.69) is 52.8 Å². The Morgan fingerprint density at radius 1 is 0.929 bits per heavy atom. The van der Waals surface area contributed by atoms with Crippen LogP contribution in [0.2, 0.25) is 0 Å². The molecule has 1 saturated carbocycles. The van der Waals surface area contributed by atoms with Gasteiger partial charge in [-0.25, -0.2) is 4.98 Å². The van der Waals surface area contributed by atoms with E-state index in [9.17, 15) is 13.2 Å². The highest BCUT2D eigenvalue weighted by atomic mass is 19.4. The van der Waals surface area contributed by atoms with Crippen molar-refractivity contribution in [2.75, 3.05) is 23.3 Å². The number of alkyl halides is 3. The van der Waals surface area contributed by atoms with Crippen molar-refractivity contribution in [2.45, 2.75) is 63.0 Å². The molecule has 2 aliphatic rings. The first-order chi connectivity index (χ1) is 20.3.